The number of carbonyl (C=O) groups is 1. The highest BCUT2D eigenvalue weighted by atomic mass is 16.6. The van der Waals surface area contributed by atoms with Gasteiger partial charge in [0.1, 0.15) is 11.4 Å². The maximum Gasteiger partial charge on any atom is 0.331 e. The van der Waals surface area contributed by atoms with Crippen molar-refractivity contribution in [1.82, 2.24) is 0 Å². The second kappa shape index (κ2) is 6.04. The highest BCUT2D eigenvalue weighted by Gasteiger charge is 2.13. The smallest absolute Gasteiger partial charge is 0.331 e. The first kappa shape index (κ1) is 14.8. The van der Waals surface area contributed by atoms with E-state index >= 15 is 0 Å². The Labute approximate surface area is 111 Å². The van der Waals surface area contributed by atoms with Crippen LogP contribution >= 0.6 is 0 Å². The van der Waals surface area contributed by atoms with Gasteiger partial charge in [0.2, 0.25) is 0 Å². The zero-order valence-corrected chi connectivity index (χ0v) is 11.1. The van der Waals surface area contributed by atoms with Crippen LogP contribution in [0.4, 0.5) is 0 Å². The van der Waals surface area contributed by atoms with E-state index in [-0.39, 0.29) is 5.75 Å². The van der Waals surface area contributed by atoms with Crippen LogP contribution in [0.15, 0.2) is 29.4 Å². The van der Waals surface area contributed by atoms with Crippen LogP contribution in [0, 0.1) is 0 Å². The molecule has 1 aromatic carbocycles. The van der Waals surface area contributed by atoms with Crippen LogP contribution in [0.1, 0.15) is 31.9 Å². The number of hydrogen-bond donors (Lipinski definition) is 2. The molecule has 0 heterocycles. The number of phenolic OH excluding ortho intramolecular Hbond substituents is 1. The van der Waals surface area contributed by atoms with Crippen LogP contribution in [-0.4, -0.2) is 28.1 Å². The molecule has 0 atom stereocenters. The molecule has 2 N–H and O–H groups in total. The largest absolute Gasteiger partial charge is 0.508 e. The molecule has 5 nitrogen and oxygen atoms in total. The highest BCUT2D eigenvalue weighted by molar-refractivity contribution is 5.91. The Hall–Kier alpha value is -2.30. The van der Waals surface area contributed by atoms with E-state index in [1.807, 2.05) is 0 Å². The van der Waals surface area contributed by atoms with Crippen molar-refractivity contribution in [3.8, 4) is 5.75 Å². The van der Waals surface area contributed by atoms with Gasteiger partial charge in [0.05, 0.1) is 6.21 Å². The molecule has 0 aromatic heterocycles. The lowest BCUT2D eigenvalue weighted by Crippen LogP contribution is -2.22. The molecule has 0 amide bonds. The van der Waals surface area contributed by atoms with Crippen LogP contribution in [0.5, 0.6) is 5.75 Å². The minimum Gasteiger partial charge on any atom is -0.508 e. The number of benzene rings is 1. The van der Waals surface area contributed by atoms with Gasteiger partial charge in [-0.2, -0.15) is 0 Å². The summed E-state index contributed by atoms with van der Waals surface area (Å²) in [6.45, 7) is 5.34. The quantitative estimate of drug-likeness (QED) is 0.289. The molecule has 0 bridgehead atoms. The summed E-state index contributed by atoms with van der Waals surface area (Å²) in [5.74, 6) is -0.420. The Kier molecular flexibility index (Phi) is 4.69. The number of aromatic hydroxyl groups is 1. The van der Waals surface area contributed by atoms with Crippen molar-refractivity contribution in [1.29, 1.82) is 0 Å². The van der Waals surface area contributed by atoms with Gasteiger partial charge in [-0.25, -0.2) is 4.79 Å². The molecule has 0 saturated heterocycles. The average Bonchev–Trinajstić information content (AvgIpc) is 2.26. The molecule has 0 aliphatic carbocycles. The number of hydrogen-bond acceptors (Lipinski definition) is 5. The molecule has 1 aromatic rings. The van der Waals surface area contributed by atoms with E-state index in [0.717, 1.165) is 0 Å². The maximum atomic E-state index is 11.5. The molecule has 0 aliphatic rings. The summed E-state index contributed by atoms with van der Waals surface area (Å²) in [6, 6.07) is 4.51. The Morgan fingerprint density at radius 1 is 1.32 bits per heavy atom. The van der Waals surface area contributed by atoms with Crippen molar-refractivity contribution < 1.29 is 19.8 Å². The van der Waals surface area contributed by atoms with Gasteiger partial charge >= 0.3 is 5.97 Å². The molecule has 19 heavy (non-hydrogen) atoms. The molecule has 102 valence electrons. The van der Waals surface area contributed by atoms with Crippen molar-refractivity contribution in [3.63, 3.8) is 0 Å². The third-order valence-electron chi connectivity index (χ3n) is 2.07. The predicted molar refractivity (Wildman–Crippen MR) is 72.4 cm³/mol. The molecule has 5 heteroatoms. The van der Waals surface area contributed by atoms with Crippen LogP contribution in [0.2, 0.25) is 0 Å². The molecule has 0 aliphatic heterocycles. The summed E-state index contributed by atoms with van der Waals surface area (Å²) < 4.78 is 5.12. The van der Waals surface area contributed by atoms with E-state index in [1.54, 1.807) is 26.8 Å². The molecule has 0 fully saturated rings. The van der Waals surface area contributed by atoms with Gasteiger partial charge in [-0.05, 0) is 44.5 Å². The van der Waals surface area contributed by atoms with Gasteiger partial charge in [-0.15, -0.1) is 0 Å². The topological polar surface area (TPSA) is 79.1 Å². The van der Waals surface area contributed by atoms with E-state index in [4.69, 9.17) is 9.94 Å². The average molecular weight is 263 g/mol. The number of phenols is 1. The highest BCUT2D eigenvalue weighted by Crippen LogP contribution is 2.17. The monoisotopic (exact) mass is 263 g/mol. The van der Waals surface area contributed by atoms with Crippen molar-refractivity contribution in [2.75, 3.05) is 0 Å². The number of ether oxygens (including phenoxy) is 1. The fraction of sp³-hybridized carbons (Fsp3) is 0.286. The fourth-order valence-corrected chi connectivity index (χ4v) is 1.38. The summed E-state index contributed by atoms with van der Waals surface area (Å²) in [5, 5.41) is 20.8. The van der Waals surface area contributed by atoms with Crippen LogP contribution in [0.25, 0.3) is 6.08 Å². The minimum atomic E-state index is -0.550. The van der Waals surface area contributed by atoms with Gasteiger partial charge in [-0.1, -0.05) is 11.2 Å². The SMILES string of the molecule is CC(C)(C)OC(=O)C=Cc1ccc(O)cc1C=NO. The van der Waals surface area contributed by atoms with E-state index in [1.165, 1.54) is 30.5 Å². The van der Waals surface area contributed by atoms with Crippen LogP contribution in [0.3, 0.4) is 0 Å². The van der Waals surface area contributed by atoms with Gasteiger partial charge in [0.15, 0.2) is 0 Å². The molecule has 0 unspecified atom stereocenters. The van der Waals surface area contributed by atoms with Crippen molar-refractivity contribution >= 4 is 18.3 Å². The molecular weight excluding hydrogens is 246 g/mol. The Bertz CT molecular complexity index is 513. The van der Waals surface area contributed by atoms with Crippen molar-refractivity contribution in [2.45, 2.75) is 26.4 Å². The van der Waals surface area contributed by atoms with E-state index in [0.29, 0.717) is 11.1 Å². The first-order chi connectivity index (χ1) is 8.81. The summed E-state index contributed by atoms with van der Waals surface area (Å²) in [5.41, 5.74) is 0.565. The van der Waals surface area contributed by atoms with Crippen molar-refractivity contribution in [2.24, 2.45) is 5.16 Å². The summed E-state index contributed by atoms with van der Waals surface area (Å²) in [7, 11) is 0. The van der Waals surface area contributed by atoms with Crippen LogP contribution in [-0.2, 0) is 9.53 Å². The summed E-state index contributed by atoms with van der Waals surface area (Å²) >= 11 is 0. The minimum absolute atomic E-state index is 0.0457. The van der Waals surface area contributed by atoms with E-state index < -0.39 is 11.6 Å². The zero-order chi connectivity index (χ0) is 14.5. The first-order valence-corrected chi connectivity index (χ1v) is 5.73. The van der Waals surface area contributed by atoms with Crippen molar-refractivity contribution in [3.05, 3.63) is 35.4 Å². The number of carbonyl (C=O) groups excluding carboxylic acids is 1. The Balaban J connectivity index is 2.90. The molecule has 0 spiro atoms. The third kappa shape index (κ3) is 5.25. The lowest BCUT2D eigenvalue weighted by atomic mass is 10.1. The van der Waals surface area contributed by atoms with Gasteiger partial charge in [0.25, 0.3) is 0 Å². The second-order valence-electron chi connectivity index (χ2n) is 4.92. The summed E-state index contributed by atoms with van der Waals surface area (Å²) in [6.07, 6.45) is 3.99. The Morgan fingerprint density at radius 3 is 2.58 bits per heavy atom. The number of oxime groups is 1. The lowest BCUT2D eigenvalue weighted by molar-refractivity contribution is -0.148. The molecule has 0 radical (unpaired) electrons. The predicted octanol–water partition coefficient (Wildman–Crippen LogP) is 2.56. The van der Waals surface area contributed by atoms with E-state index in [2.05, 4.69) is 5.16 Å². The molecule has 1 rings (SSSR count). The first-order valence-electron chi connectivity index (χ1n) is 5.73. The zero-order valence-electron chi connectivity index (χ0n) is 11.1. The van der Waals surface area contributed by atoms with Gasteiger partial charge in [-0.3, -0.25) is 0 Å². The maximum absolute atomic E-state index is 11.5. The fourth-order valence-electron chi connectivity index (χ4n) is 1.38. The van der Waals surface area contributed by atoms with Gasteiger partial charge in [0, 0.05) is 11.6 Å². The standard InChI is InChI=1S/C14H17NO4/c1-14(2,3)19-13(17)7-5-10-4-6-12(16)8-11(10)9-15-18/h4-9,16,18H,1-3H3. The number of esters is 1. The van der Waals surface area contributed by atoms with E-state index in [9.17, 15) is 9.90 Å². The van der Waals surface area contributed by atoms with Gasteiger partial charge < -0.3 is 15.1 Å². The number of rotatable bonds is 3. The number of nitrogens with zero attached hydrogens (tertiary/aromatic N) is 1. The lowest BCUT2D eigenvalue weighted by Gasteiger charge is -2.17. The van der Waals surface area contributed by atoms with Crippen LogP contribution < -0.4 is 0 Å². The second-order valence-corrected chi connectivity index (χ2v) is 4.92. The third-order valence-corrected chi connectivity index (χ3v) is 2.07. The molecule has 0 saturated carbocycles. The Morgan fingerprint density at radius 2 is 2.00 bits per heavy atom. The summed E-state index contributed by atoms with van der Waals surface area (Å²) in [4.78, 5) is 11.5. The normalized spacial score (nSPS) is 12.2. The molecular formula is C14H17NO4.